The second-order valence-electron chi connectivity index (χ2n) is 4.87. The molecule has 0 amide bonds. The van der Waals surface area contributed by atoms with Crippen molar-refractivity contribution in [3.63, 3.8) is 0 Å². The third kappa shape index (κ3) is 2.87. The molecule has 0 saturated heterocycles. The molecule has 0 unspecified atom stereocenters. The molecule has 0 atom stereocenters. The van der Waals surface area contributed by atoms with Gasteiger partial charge in [0, 0.05) is 4.47 Å². The highest BCUT2D eigenvalue weighted by molar-refractivity contribution is 9.10. The van der Waals surface area contributed by atoms with E-state index in [1.54, 1.807) is 6.20 Å². The first-order valence-corrected chi connectivity index (χ1v) is 7.55. The summed E-state index contributed by atoms with van der Waals surface area (Å²) in [6, 6.07) is 5.87. The van der Waals surface area contributed by atoms with Crippen LogP contribution >= 0.6 is 27.5 Å². The number of nitrogens with zero attached hydrogens (tertiary/aromatic N) is 3. The van der Waals surface area contributed by atoms with Gasteiger partial charge in [-0.3, -0.25) is 5.10 Å². The lowest BCUT2D eigenvalue weighted by Gasteiger charge is -2.14. The molecule has 2 aromatic heterocycles. The van der Waals surface area contributed by atoms with Crippen molar-refractivity contribution in [1.82, 2.24) is 20.2 Å². The average molecular weight is 368 g/mol. The summed E-state index contributed by atoms with van der Waals surface area (Å²) < 4.78 is 6.97. The normalized spacial score (nSPS) is 11.3. The van der Waals surface area contributed by atoms with Gasteiger partial charge >= 0.3 is 0 Å². The Morgan fingerprint density at radius 3 is 2.86 bits per heavy atom. The molecule has 0 radical (unpaired) electrons. The van der Waals surface area contributed by atoms with Gasteiger partial charge in [0.2, 0.25) is 11.2 Å². The number of fused-ring (bicyclic) bond motifs is 1. The van der Waals surface area contributed by atoms with Gasteiger partial charge in [-0.15, -0.1) is 0 Å². The van der Waals surface area contributed by atoms with E-state index in [1.807, 2.05) is 18.2 Å². The molecule has 7 heteroatoms. The Balaban J connectivity index is 2.08. The first-order valence-electron chi connectivity index (χ1n) is 6.38. The number of rotatable bonds is 3. The molecule has 108 valence electrons. The Morgan fingerprint density at radius 2 is 2.10 bits per heavy atom. The van der Waals surface area contributed by atoms with Crippen LogP contribution in [0.1, 0.15) is 25.3 Å². The van der Waals surface area contributed by atoms with E-state index in [1.165, 1.54) is 0 Å². The fourth-order valence-corrected chi connectivity index (χ4v) is 2.57. The van der Waals surface area contributed by atoms with Gasteiger partial charge in [0.05, 0.1) is 6.20 Å². The Hall–Kier alpha value is -1.66. The van der Waals surface area contributed by atoms with Crippen molar-refractivity contribution >= 4 is 38.6 Å². The van der Waals surface area contributed by atoms with Crippen LogP contribution in [-0.2, 0) is 0 Å². The second kappa shape index (κ2) is 5.61. The van der Waals surface area contributed by atoms with Gasteiger partial charge in [-0.25, -0.2) is 0 Å². The zero-order valence-corrected chi connectivity index (χ0v) is 13.7. The van der Waals surface area contributed by atoms with Crippen LogP contribution in [0.4, 0.5) is 0 Å². The number of hydrogen-bond acceptors (Lipinski definition) is 4. The number of aromatic amines is 1. The number of benzene rings is 1. The molecular formula is C14H12BrClN4O. The summed E-state index contributed by atoms with van der Waals surface area (Å²) >= 11 is 9.39. The van der Waals surface area contributed by atoms with Gasteiger partial charge in [-0.1, -0.05) is 29.8 Å². The summed E-state index contributed by atoms with van der Waals surface area (Å²) in [5, 5.41) is 7.51. The van der Waals surface area contributed by atoms with Crippen LogP contribution < -0.4 is 4.74 Å². The Morgan fingerprint density at radius 1 is 1.29 bits per heavy atom. The summed E-state index contributed by atoms with van der Waals surface area (Å²) in [7, 11) is 0. The molecule has 0 spiro atoms. The van der Waals surface area contributed by atoms with Crippen LogP contribution in [0.2, 0.25) is 5.28 Å². The SMILES string of the molecule is CC(C)c1cc(Br)ccc1Oc1nc(Cl)nc2[nH]ncc12. The van der Waals surface area contributed by atoms with Crippen LogP contribution in [0.3, 0.4) is 0 Å². The van der Waals surface area contributed by atoms with Crippen LogP contribution in [0.15, 0.2) is 28.9 Å². The van der Waals surface area contributed by atoms with E-state index in [-0.39, 0.29) is 5.28 Å². The van der Waals surface area contributed by atoms with E-state index in [2.05, 4.69) is 49.9 Å². The van der Waals surface area contributed by atoms with Gasteiger partial charge in [-0.05, 0) is 41.3 Å². The smallest absolute Gasteiger partial charge is 0.234 e. The molecule has 0 aliphatic heterocycles. The second-order valence-corrected chi connectivity index (χ2v) is 6.12. The quantitative estimate of drug-likeness (QED) is 0.682. The maximum absolute atomic E-state index is 5.96. The lowest BCUT2D eigenvalue weighted by molar-refractivity contribution is 0.459. The van der Waals surface area contributed by atoms with E-state index in [9.17, 15) is 0 Å². The number of nitrogens with one attached hydrogen (secondary N) is 1. The van der Waals surface area contributed by atoms with Crippen molar-refractivity contribution in [2.45, 2.75) is 19.8 Å². The highest BCUT2D eigenvalue weighted by Crippen LogP contribution is 2.34. The zero-order chi connectivity index (χ0) is 15.0. The molecule has 0 saturated carbocycles. The molecule has 21 heavy (non-hydrogen) atoms. The molecule has 0 bridgehead atoms. The molecule has 0 aliphatic carbocycles. The first-order chi connectivity index (χ1) is 10.0. The average Bonchev–Trinajstić information content (AvgIpc) is 2.88. The van der Waals surface area contributed by atoms with Gasteiger partial charge < -0.3 is 4.74 Å². The number of hydrogen-bond donors (Lipinski definition) is 1. The van der Waals surface area contributed by atoms with E-state index in [4.69, 9.17) is 16.3 Å². The third-order valence-corrected chi connectivity index (χ3v) is 3.71. The molecule has 1 aromatic carbocycles. The van der Waals surface area contributed by atoms with Crippen molar-refractivity contribution < 1.29 is 4.74 Å². The van der Waals surface area contributed by atoms with Gasteiger partial charge in [0.15, 0.2) is 5.65 Å². The standard InChI is InChI=1S/C14H12BrClN4O/c1-7(2)9-5-8(15)3-4-11(9)21-13-10-6-17-20-12(10)18-14(16)19-13/h3-7H,1-2H3,(H,17,18,19,20). The van der Waals surface area contributed by atoms with Crippen LogP contribution in [0.25, 0.3) is 11.0 Å². The van der Waals surface area contributed by atoms with Crippen LogP contribution in [-0.4, -0.2) is 20.2 Å². The predicted molar refractivity (Wildman–Crippen MR) is 85.0 cm³/mol. The summed E-state index contributed by atoms with van der Waals surface area (Å²) in [5.41, 5.74) is 1.63. The highest BCUT2D eigenvalue weighted by atomic mass is 79.9. The van der Waals surface area contributed by atoms with Crippen LogP contribution in [0, 0.1) is 0 Å². The Bertz CT molecular complexity index is 803. The summed E-state index contributed by atoms with van der Waals surface area (Å²) in [4.78, 5) is 8.21. The summed E-state index contributed by atoms with van der Waals surface area (Å²) in [5.74, 6) is 1.45. The zero-order valence-electron chi connectivity index (χ0n) is 11.4. The van der Waals surface area contributed by atoms with E-state index >= 15 is 0 Å². The number of halogens is 2. The van der Waals surface area contributed by atoms with Crippen molar-refractivity contribution in [2.24, 2.45) is 0 Å². The minimum absolute atomic E-state index is 0.116. The minimum Gasteiger partial charge on any atom is -0.438 e. The monoisotopic (exact) mass is 366 g/mol. The van der Waals surface area contributed by atoms with Gasteiger partial charge in [0.1, 0.15) is 11.1 Å². The Kier molecular flexibility index (Phi) is 3.82. The van der Waals surface area contributed by atoms with Gasteiger partial charge in [-0.2, -0.15) is 15.1 Å². The number of ether oxygens (including phenoxy) is 1. The molecule has 3 rings (SSSR count). The van der Waals surface area contributed by atoms with Crippen LogP contribution in [0.5, 0.6) is 11.6 Å². The lowest BCUT2D eigenvalue weighted by Crippen LogP contribution is -1.97. The van der Waals surface area contributed by atoms with Crippen molar-refractivity contribution in [3.05, 3.63) is 39.7 Å². The highest BCUT2D eigenvalue weighted by Gasteiger charge is 2.14. The van der Waals surface area contributed by atoms with Crippen molar-refractivity contribution in [3.8, 4) is 11.6 Å². The topological polar surface area (TPSA) is 63.7 Å². The Labute approximate surface area is 134 Å². The van der Waals surface area contributed by atoms with E-state index in [0.29, 0.717) is 22.8 Å². The van der Waals surface area contributed by atoms with Gasteiger partial charge in [0.25, 0.3) is 0 Å². The fraction of sp³-hybridized carbons (Fsp3) is 0.214. The molecule has 5 nitrogen and oxygen atoms in total. The lowest BCUT2D eigenvalue weighted by atomic mass is 10.0. The maximum atomic E-state index is 5.96. The number of aromatic nitrogens is 4. The predicted octanol–water partition coefficient (Wildman–Crippen LogP) is 4.68. The van der Waals surface area contributed by atoms with Crippen molar-refractivity contribution in [2.75, 3.05) is 0 Å². The molecule has 1 N–H and O–H groups in total. The van der Waals surface area contributed by atoms with E-state index in [0.717, 1.165) is 15.8 Å². The molecule has 2 heterocycles. The maximum Gasteiger partial charge on any atom is 0.234 e. The fourth-order valence-electron chi connectivity index (χ4n) is 2.03. The summed E-state index contributed by atoms with van der Waals surface area (Å²) in [6.45, 7) is 4.21. The molecule has 0 aliphatic rings. The minimum atomic E-state index is 0.116. The first kappa shape index (κ1) is 14.3. The molecule has 0 fully saturated rings. The summed E-state index contributed by atoms with van der Waals surface area (Å²) in [6.07, 6.45) is 1.62. The third-order valence-electron chi connectivity index (χ3n) is 3.05. The largest absolute Gasteiger partial charge is 0.438 e. The van der Waals surface area contributed by atoms with Crippen molar-refractivity contribution in [1.29, 1.82) is 0 Å². The van der Waals surface area contributed by atoms with E-state index < -0.39 is 0 Å². The number of H-pyrrole nitrogens is 1. The molecular weight excluding hydrogens is 356 g/mol. The molecule has 3 aromatic rings.